The zero-order chi connectivity index (χ0) is 13.7. The van der Waals surface area contributed by atoms with Crippen LogP contribution in [0.2, 0.25) is 0 Å². The summed E-state index contributed by atoms with van der Waals surface area (Å²) in [6.45, 7) is 0.995. The first kappa shape index (κ1) is 13.8. The smallest absolute Gasteiger partial charge is 0.253 e. The largest absolute Gasteiger partial charge is 0.481 e. The topological polar surface area (TPSA) is 80.7 Å². The summed E-state index contributed by atoms with van der Waals surface area (Å²) in [7, 11) is 1.52. The minimum atomic E-state index is -0.588. The van der Waals surface area contributed by atoms with Gasteiger partial charge in [0.05, 0.1) is 24.8 Å². The molecule has 0 aromatic carbocycles. The Kier molecular flexibility index (Phi) is 4.34. The molecule has 0 spiro atoms. The molecule has 1 aliphatic heterocycles. The maximum Gasteiger partial charge on any atom is 0.253 e. The summed E-state index contributed by atoms with van der Waals surface area (Å²) in [6, 6.07) is 3.27. The van der Waals surface area contributed by atoms with Gasteiger partial charge in [0, 0.05) is 25.5 Å². The Morgan fingerprint density at radius 1 is 1.53 bits per heavy atom. The molecule has 104 valence electrons. The number of ether oxygens (including phenoxy) is 2. The van der Waals surface area contributed by atoms with Gasteiger partial charge in [-0.3, -0.25) is 4.79 Å². The van der Waals surface area contributed by atoms with E-state index in [0.29, 0.717) is 37.5 Å². The van der Waals surface area contributed by atoms with Gasteiger partial charge >= 0.3 is 0 Å². The Bertz CT molecular complexity index is 427. The van der Waals surface area contributed by atoms with Crippen molar-refractivity contribution in [1.82, 2.24) is 10.3 Å². The van der Waals surface area contributed by atoms with Crippen LogP contribution in [0.15, 0.2) is 18.3 Å². The number of methoxy groups -OCH3 is 1. The molecule has 2 N–H and O–H groups in total. The minimum absolute atomic E-state index is 0.0916. The summed E-state index contributed by atoms with van der Waals surface area (Å²) in [5.41, 5.74) is -0.143. The standard InChI is InChI=1S/C13H18N2O4/c1-18-11-3-2-10(8-14-11)12(17)15-13(9-16)4-6-19-7-5-13/h2-3,8,16H,4-7,9H2,1H3,(H,15,17). The van der Waals surface area contributed by atoms with Crippen molar-refractivity contribution in [1.29, 1.82) is 0 Å². The number of pyridine rings is 1. The van der Waals surface area contributed by atoms with Gasteiger partial charge in [0.15, 0.2) is 0 Å². The van der Waals surface area contributed by atoms with Gasteiger partial charge in [-0.1, -0.05) is 0 Å². The Morgan fingerprint density at radius 2 is 2.26 bits per heavy atom. The van der Waals surface area contributed by atoms with E-state index < -0.39 is 5.54 Å². The lowest BCUT2D eigenvalue weighted by Crippen LogP contribution is -2.54. The normalized spacial score (nSPS) is 17.8. The summed E-state index contributed by atoms with van der Waals surface area (Å²) in [4.78, 5) is 16.1. The average Bonchev–Trinajstić information content (AvgIpc) is 2.48. The molecular formula is C13H18N2O4. The van der Waals surface area contributed by atoms with Gasteiger partial charge in [-0.05, 0) is 18.9 Å². The van der Waals surface area contributed by atoms with Gasteiger partial charge in [-0.15, -0.1) is 0 Å². The van der Waals surface area contributed by atoms with Crippen LogP contribution in [0, 0.1) is 0 Å². The quantitative estimate of drug-likeness (QED) is 0.822. The van der Waals surface area contributed by atoms with Crippen LogP contribution in [0.3, 0.4) is 0 Å². The van der Waals surface area contributed by atoms with Crippen molar-refractivity contribution in [2.45, 2.75) is 18.4 Å². The van der Waals surface area contributed by atoms with Gasteiger partial charge < -0.3 is 19.9 Å². The highest BCUT2D eigenvalue weighted by atomic mass is 16.5. The molecule has 1 aromatic rings. The highest BCUT2D eigenvalue weighted by Gasteiger charge is 2.33. The van der Waals surface area contributed by atoms with Crippen LogP contribution >= 0.6 is 0 Å². The third kappa shape index (κ3) is 3.21. The first-order chi connectivity index (χ1) is 9.19. The first-order valence-corrected chi connectivity index (χ1v) is 6.20. The fraction of sp³-hybridized carbons (Fsp3) is 0.538. The van der Waals surface area contributed by atoms with Crippen molar-refractivity contribution in [3.05, 3.63) is 23.9 Å². The molecule has 0 unspecified atom stereocenters. The van der Waals surface area contributed by atoms with Crippen LogP contribution in [-0.2, 0) is 4.74 Å². The molecule has 1 aromatic heterocycles. The number of nitrogens with zero attached hydrogens (tertiary/aromatic N) is 1. The van der Waals surface area contributed by atoms with Gasteiger partial charge in [0.1, 0.15) is 0 Å². The fourth-order valence-corrected chi connectivity index (χ4v) is 2.03. The van der Waals surface area contributed by atoms with Crippen LogP contribution in [-0.4, -0.2) is 48.5 Å². The third-order valence-corrected chi connectivity index (χ3v) is 3.34. The van der Waals surface area contributed by atoms with E-state index in [4.69, 9.17) is 9.47 Å². The minimum Gasteiger partial charge on any atom is -0.481 e. The Hall–Kier alpha value is -1.66. The Morgan fingerprint density at radius 3 is 2.79 bits per heavy atom. The van der Waals surface area contributed by atoms with Gasteiger partial charge in [-0.2, -0.15) is 0 Å². The van der Waals surface area contributed by atoms with E-state index in [1.807, 2.05) is 0 Å². The maximum absolute atomic E-state index is 12.1. The second-order valence-corrected chi connectivity index (χ2v) is 4.59. The monoisotopic (exact) mass is 266 g/mol. The average molecular weight is 266 g/mol. The van der Waals surface area contributed by atoms with E-state index in [0.717, 1.165) is 0 Å². The van der Waals surface area contributed by atoms with Crippen molar-refractivity contribution in [3.63, 3.8) is 0 Å². The molecule has 0 bridgehead atoms. The molecule has 0 radical (unpaired) electrons. The second-order valence-electron chi connectivity index (χ2n) is 4.59. The zero-order valence-electron chi connectivity index (χ0n) is 10.9. The van der Waals surface area contributed by atoms with Crippen molar-refractivity contribution < 1.29 is 19.4 Å². The van der Waals surface area contributed by atoms with Crippen molar-refractivity contribution in [2.75, 3.05) is 26.9 Å². The van der Waals surface area contributed by atoms with Crippen LogP contribution in [0.5, 0.6) is 5.88 Å². The molecule has 6 heteroatoms. The van der Waals surface area contributed by atoms with E-state index in [1.54, 1.807) is 12.1 Å². The Balaban J connectivity index is 2.06. The molecule has 19 heavy (non-hydrogen) atoms. The number of aromatic nitrogens is 1. The van der Waals surface area contributed by atoms with E-state index in [9.17, 15) is 9.90 Å². The Labute approximate surface area is 111 Å². The van der Waals surface area contributed by atoms with Crippen molar-refractivity contribution in [3.8, 4) is 5.88 Å². The van der Waals surface area contributed by atoms with E-state index in [1.165, 1.54) is 13.3 Å². The summed E-state index contributed by atoms with van der Waals surface area (Å²) < 4.78 is 10.2. The zero-order valence-corrected chi connectivity index (χ0v) is 10.9. The van der Waals surface area contributed by atoms with Gasteiger partial charge in [-0.25, -0.2) is 4.98 Å². The summed E-state index contributed by atoms with van der Waals surface area (Å²) in [6.07, 6.45) is 2.68. The molecule has 1 amide bonds. The van der Waals surface area contributed by atoms with Crippen LogP contribution < -0.4 is 10.1 Å². The number of hydrogen-bond acceptors (Lipinski definition) is 5. The van der Waals surface area contributed by atoms with Crippen LogP contribution in [0.25, 0.3) is 0 Å². The third-order valence-electron chi connectivity index (χ3n) is 3.34. The summed E-state index contributed by atoms with van der Waals surface area (Å²) in [5.74, 6) is 0.214. The van der Waals surface area contributed by atoms with Gasteiger partial charge in [0.25, 0.3) is 5.91 Å². The van der Waals surface area contributed by atoms with Crippen LogP contribution in [0.1, 0.15) is 23.2 Å². The first-order valence-electron chi connectivity index (χ1n) is 6.20. The van der Waals surface area contributed by atoms with E-state index in [-0.39, 0.29) is 12.5 Å². The number of carbonyl (C=O) groups is 1. The molecule has 6 nitrogen and oxygen atoms in total. The maximum atomic E-state index is 12.1. The molecule has 2 rings (SSSR count). The predicted octanol–water partition coefficient (Wildman–Crippen LogP) is 0.361. The molecular weight excluding hydrogens is 248 g/mol. The molecule has 2 heterocycles. The number of aliphatic hydroxyl groups excluding tert-OH is 1. The highest BCUT2D eigenvalue weighted by Crippen LogP contribution is 2.20. The highest BCUT2D eigenvalue weighted by molar-refractivity contribution is 5.94. The van der Waals surface area contributed by atoms with Gasteiger partial charge in [0.2, 0.25) is 5.88 Å². The molecule has 0 saturated carbocycles. The van der Waals surface area contributed by atoms with E-state index >= 15 is 0 Å². The second kappa shape index (κ2) is 5.99. The lowest BCUT2D eigenvalue weighted by molar-refractivity contribution is 0.0125. The van der Waals surface area contributed by atoms with E-state index in [2.05, 4.69) is 10.3 Å². The van der Waals surface area contributed by atoms with Crippen molar-refractivity contribution >= 4 is 5.91 Å². The SMILES string of the molecule is COc1ccc(C(=O)NC2(CO)CCOCC2)cn1. The summed E-state index contributed by atoms with van der Waals surface area (Å²) >= 11 is 0. The lowest BCUT2D eigenvalue weighted by atomic mass is 9.90. The predicted molar refractivity (Wildman–Crippen MR) is 68.1 cm³/mol. The fourth-order valence-electron chi connectivity index (χ4n) is 2.03. The molecule has 0 atom stereocenters. The molecule has 1 aliphatic rings. The molecule has 0 aliphatic carbocycles. The number of aliphatic hydroxyl groups is 1. The van der Waals surface area contributed by atoms with Crippen LogP contribution in [0.4, 0.5) is 0 Å². The lowest BCUT2D eigenvalue weighted by Gasteiger charge is -2.36. The molecule has 1 fully saturated rings. The number of amides is 1. The number of hydrogen-bond donors (Lipinski definition) is 2. The molecule has 1 saturated heterocycles. The number of rotatable bonds is 4. The number of carbonyl (C=O) groups excluding carboxylic acids is 1. The van der Waals surface area contributed by atoms with Crippen molar-refractivity contribution in [2.24, 2.45) is 0 Å². The number of nitrogens with one attached hydrogen (secondary N) is 1. The summed E-state index contributed by atoms with van der Waals surface area (Å²) in [5, 5.41) is 12.4.